The van der Waals surface area contributed by atoms with E-state index in [2.05, 4.69) is 5.32 Å². The molecule has 0 aliphatic rings. The van der Waals surface area contributed by atoms with Gasteiger partial charge in [0.2, 0.25) is 0 Å². The summed E-state index contributed by atoms with van der Waals surface area (Å²) in [5, 5.41) is 11.5. The average Bonchev–Trinajstić information content (AvgIpc) is 3.03. The second-order valence-electron chi connectivity index (χ2n) is 5.71. The molecule has 134 valence electrons. The Hall–Kier alpha value is -2.76. The maximum Gasteiger partial charge on any atom is 0.341 e. The summed E-state index contributed by atoms with van der Waals surface area (Å²) in [4.78, 5) is 22.9. The van der Waals surface area contributed by atoms with E-state index in [0.29, 0.717) is 11.5 Å². The van der Waals surface area contributed by atoms with Gasteiger partial charge in [0.15, 0.2) is 12.4 Å². The van der Waals surface area contributed by atoms with Crippen molar-refractivity contribution in [1.29, 1.82) is 0 Å². The number of benzene rings is 1. The van der Waals surface area contributed by atoms with Gasteiger partial charge in [0.05, 0.1) is 6.04 Å². The molecule has 0 saturated heterocycles. The summed E-state index contributed by atoms with van der Waals surface area (Å²) in [6, 6.07) is 8.51. The molecule has 2 aromatic rings. The van der Waals surface area contributed by atoms with Crippen LogP contribution in [-0.4, -0.2) is 23.6 Å². The number of aryl methyl sites for hydroxylation is 2. The van der Waals surface area contributed by atoms with Gasteiger partial charge < -0.3 is 19.6 Å². The number of ether oxygens (including phenoxy) is 1. The number of furan rings is 1. The number of nitrogens with one attached hydrogen (secondary N) is 1. The van der Waals surface area contributed by atoms with E-state index in [1.807, 2.05) is 20.8 Å². The van der Waals surface area contributed by atoms with Crippen LogP contribution in [-0.2, 0) is 17.6 Å². The van der Waals surface area contributed by atoms with Crippen molar-refractivity contribution in [3.8, 4) is 5.75 Å². The molecule has 6 heteroatoms. The normalized spacial score (nSPS) is 11.8. The molecule has 0 spiro atoms. The van der Waals surface area contributed by atoms with Crippen LogP contribution in [0.15, 0.2) is 34.7 Å². The van der Waals surface area contributed by atoms with Crippen LogP contribution in [0, 0.1) is 0 Å². The lowest BCUT2D eigenvalue weighted by atomic mass is 10.1. The highest BCUT2D eigenvalue weighted by molar-refractivity contribution is 5.92. The third kappa shape index (κ3) is 4.86. The van der Waals surface area contributed by atoms with Crippen LogP contribution in [0.25, 0.3) is 0 Å². The summed E-state index contributed by atoms with van der Waals surface area (Å²) < 4.78 is 10.7. The maximum absolute atomic E-state index is 12.4. The Labute approximate surface area is 146 Å². The third-order valence-corrected chi connectivity index (χ3v) is 3.91. The number of carboxylic acid groups (broad SMARTS) is 1. The Balaban J connectivity index is 2.01. The molecule has 0 radical (unpaired) electrons. The second kappa shape index (κ2) is 8.37. The zero-order chi connectivity index (χ0) is 18.4. The zero-order valence-electron chi connectivity index (χ0n) is 14.7. The predicted molar refractivity (Wildman–Crippen MR) is 92.9 cm³/mol. The molecule has 1 aromatic carbocycles. The highest BCUT2D eigenvalue weighted by Crippen LogP contribution is 2.20. The van der Waals surface area contributed by atoms with Crippen LogP contribution in [0.4, 0.5) is 0 Å². The minimum atomic E-state index is -1.03. The zero-order valence-corrected chi connectivity index (χ0v) is 14.7. The summed E-state index contributed by atoms with van der Waals surface area (Å²) in [5.41, 5.74) is 1.94. The molecular weight excluding hydrogens is 322 g/mol. The number of carboxylic acids is 1. The highest BCUT2D eigenvalue weighted by atomic mass is 16.5. The number of carbonyl (C=O) groups is 2. The fourth-order valence-electron chi connectivity index (χ4n) is 2.53. The number of aliphatic carboxylic acids is 1. The quantitative estimate of drug-likeness (QED) is 0.766. The van der Waals surface area contributed by atoms with Gasteiger partial charge in [-0.1, -0.05) is 26.0 Å². The van der Waals surface area contributed by atoms with Crippen molar-refractivity contribution in [3.63, 3.8) is 0 Å². The molecule has 1 amide bonds. The van der Waals surface area contributed by atoms with Gasteiger partial charge in [0.25, 0.3) is 5.91 Å². The Morgan fingerprint density at radius 2 is 1.88 bits per heavy atom. The van der Waals surface area contributed by atoms with Gasteiger partial charge in [-0.25, -0.2) is 4.79 Å². The van der Waals surface area contributed by atoms with Crippen molar-refractivity contribution < 1.29 is 23.8 Å². The number of hydrogen-bond donors (Lipinski definition) is 2. The summed E-state index contributed by atoms with van der Waals surface area (Å²) in [5.74, 6) is 0.354. The molecular formula is C19H23NO5. The molecule has 0 fully saturated rings. The standard InChI is InChI=1S/C19H23NO5/c1-4-13-10-17(25-16(13)5-2)19(23)20-12(3)14-6-8-15(9-7-14)24-11-18(21)22/h6-10,12H,4-5,11H2,1-3H3,(H,20,23)(H,21,22). The van der Waals surface area contributed by atoms with Crippen LogP contribution in [0.5, 0.6) is 5.75 Å². The van der Waals surface area contributed by atoms with Crippen LogP contribution in [0.3, 0.4) is 0 Å². The molecule has 0 bridgehead atoms. The first-order valence-electron chi connectivity index (χ1n) is 8.31. The average molecular weight is 345 g/mol. The summed E-state index contributed by atoms with van der Waals surface area (Å²) in [6.45, 7) is 5.51. The highest BCUT2D eigenvalue weighted by Gasteiger charge is 2.17. The van der Waals surface area contributed by atoms with Gasteiger partial charge in [0, 0.05) is 6.42 Å². The van der Waals surface area contributed by atoms with Crippen molar-refractivity contribution in [2.24, 2.45) is 0 Å². The molecule has 2 rings (SSSR count). The van der Waals surface area contributed by atoms with Crippen molar-refractivity contribution in [2.75, 3.05) is 6.61 Å². The Morgan fingerprint density at radius 3 is 2.40 bits per heavy atom. The molecule has 0 saturated carbocycles. The minimum Gasteiger partial charge on any atom is -0.482 e. The predicted octanol–water partition coefficient (Wildman–Crippen LogP) is 3.36. The topological polar surface area (TPSA) is 88.8 Å². The molecule has 1 unspecified atom stereocenters. The van der Waals surface area contributed by atoms with E-state index in [1.54, 1.807) is 30.3 Å². The van der Waals surface area contributed by atoms with E-state index in [4.69, 9.17) is 14.3 Å². The van der Waals surface area contributed by atoms with Gasteiger partial charge in [-0.2, -0.15) is 0 Å². The van der Waals surface area contributed by atoms with E-state index in [9.17, 15) is 9.59 Å². The van der Waals surface area contributed by atoms with Crippen molar-refractivity contribution in [1.82, 2.24) is 5.32 Å². The summed E-state index contributed by atoms with van der Waals surface area (Å²) >= 11 is 0. The SMILES string of the molecule is CCc1cc(C(=O)NC(C)c2ccc(OCC(=O)O)cc2)oc1CC. The maximum atomic E-state index is 12.4. The Kier molecular flexibility index (Phi) is 6.22. The molecule has 0 aliphatic carbocycles. The molecule has 1 atom stereocenters. The molecule has 1 heterocycles. The van der Waals surface area contributed by atoms with Crippen LogP contribution in [0.1, 0.15) is 54.3 Å². The summed E-state index contributed by atoms with van der Waals surface area (Å²) in [6.07, 6.45) is 1.58. The van der Waals surface area contributed by atoms with E-state index in [-0.39, 0.29) is 18.6 Å². The van der Waals surface area contributed by atoms with Crippen LogP contribution < -0.4 is 10.1 Å². The molecule has 0 aliphatic heterocycles. The summed E-state index contributed by atoms with van der Waals surface area (Å²) in [7, 11) is 0. The second-order valence-corrected chi connectivity index (χ2v) is 5.71. The Morgan fingerprint density at radius 1 is 1.20 bits per heavy atom. The van der Waals surface area contributed by atoms with E-state index < -0.39 is 5.97 Å². The Bertz CT molecular complexity index is 711. The number of rotatable bonds is 8. The number of carbonyl (C=O) groups excluding carboxylic acids is 1. The first-order chi connectivity index (χ1) is 11.9. The lowest BCUT2D eigenvalue weighted by molar-refractivity contribution is -0.139. The van der Waals surface area contributed by atoms with Crippen LogP contribution in [0.2, 0.25) is 0 Å². The van der Waals surface area contributed by atoms with Crippen molar-refractivity contribution in [2.45, 2.75) is 39.7 Å². The molecule has 2 N–H and O–H groups in total. The van der Waals surface area contributed by atoms with Gasteiger partial charge >= 0.3 is 5.97 Å². The molecule has 6 nitrogen and oxygen atoms in total. The fraction of sp³-hybridized carbons (Fsp3) is 0.368. The monoisotopic (exact) mass is 345 g/mol. The lowest BCUT2D eigenvalue weighted by Crippen LogP contribution is -2.26. The third-order valence-electron chi connectivity index (χ3n) is 3.91. The van der Waals surface area contributed by atoms with Crippen LogP contribution >= 0.6 is 0 Å². The molecule has 1 aromatic heterocycles. The van der Waals surface area contributed by atoms with Gasteiger partial charge in [-0.15, -0.1) is 0 Å². The van der Waals surface area contributed by atoms with Gasteiger partial charge in [0.1, 0.15) is 11.5 Å². The fourth-order valence-corrected chi connectivity index (χ4v) is 2.53. The minimum absolute atomic E-state index is 0.221. The van der Waals surface area contributed by atoms with Gasteiger partial charge in [-0.3, -0.25) is 4.79 Å². The lowest BCUT2D eigenvalue weighted by Gasteiger charge is -2.14. The van der Waals surface area contributed by atoms with Crippen molar-refractivity contribution >= 4 is 11.9 Å². The smallest absolute Gasteiger partial charge is 0.341 e. The first-order valence-corrected chi connectivity index (χ1v) is 8.31. The number of hydrogen-bond acceptors (Lipinski definition) is 4. The van der Waals surface area contributed by atoms with E-state index >= 15 is 0 Å². The van der Waals surface area contributed by atoms with Gasteiger partial charge in [-0.05, 0) is 42.7 Å². The number of amides is 1. The largest absolute Gasteiger partial charge is 0.482 e. The van der Waals surface area contributed by atoms with E-state index in [1.165, 1.54) is 0 Å². The van der Waals surface area contributed by atoms with Crippen molar-refractivity contribution in [3.05, 3.63) is 53.0 Å². The van der Waals surface area contributed by atoms with E-state index in [0.717, 1.165) is 29.7 Å². The molecule has 25 heavy (non-hydrogen) atoms. The first kappa shape index (κ1) is 18.6.